The second-order valence-electron chi connectivity index (χ2n) is 5.25. The molecule has 1 N–H and O–H groups in total. The number of halogens is 2. The number of benzene rings is 2. The molecule has 114 valence electrons. The van der Waals surface area contributed by atoms with E-state index in [1.807, 2.05) is 18.2 Å². The van der Waals surface area contributed by atoms with Gasteiger partial charge in [0, 0.05) is 28.9 Å². The number of rotatable bonds is 3. The highest BCUT2D eigenvalue weighted by molar-refractivity contribution is 9.10. The molecule has 0 bridgehead atoms. The highest BCUT2D eigenvalue weighted by Crippen LogP contribution is 2.31. The van der Waals surface area contributed by atoms with Crippen LogP contribution in [0, 0.1) is 0 Å². The summed E-state index contributed by atoms with van der Waals surface area (Å²) in [4.78, 5) is 14.7. The number of hydrogen-bond acceptors (Lipinski definition) is 2. The van der Waals surface area contributed by atoms with Gasteiger partial charge in [-0.05, 0) is 49.2 Å². The molecular formula is C17H16BrClN2O. The second kappa shape index (κ2) is 6.31. The van der Waals surface area contributed by atoms with Crippen LogP contribution in [0.1, 0.15) is 22.8 Å². The van der Waals surface area contributed by atoms with Gasteiger partial charge in [-0.25, -0.2) is 0 Å². The van der Waals surface area contributed by atoms with Gasteiger partial charge in [0.2, 0.25) is 0 Å². The summed E-state index contributed by atoms with van der Waals surface area (Å²) in [5.74, 6) is -0.196. The SMILES string of the molecule is CCN1CCc2ccc(NC(=O)c3ccc(Br)cc3Cl)cc21. The number of likely N-dealkylation sites (N-methyl/N-ethyl adjacent to an activating group) is 1. The van der Waals surface area contributed by atoms with Crippen molar-refractivity contribution < 1.29 is 4.79 Å². The van der Waals surface area contributed by atoms with E-state index in [1.165, 1.54) is 11.3 Å². The molecule has 0 radical (unpaired) electrons. The molecule has 2 aromatic carbocycles. The molecule has 0 spiro atoms. The molecule has 1 aliphatic rings. The standard InChI is InChI=1S/C17H16BrClN2O/c1-2-21-8-7-11-3-5-13(10-16(11)21)20-17(22)14-6-4-12(18)9-15(14)19/h3-6,9-10H,2,7-8H2,1H3,(H,20,22). The Morgan fingerprint density at radius 3 is 2.86 bits per heavy atom. The van der Waals surface area contributed by atoms with Gasteiger partial charge in [-0.2, -0.15) is 0 Å². The third-order valence-electron chi connectivity index (χ3n) is 3.89. The molecule has 5 heteroatoms. The second-order valence-corrected chi connectivity index (χ2v) is 6.57. The van der Waals surface area contributed by atoms with Crippen molar-refractivity contribution in [3.63, 3.8) is 0 Å². The van der Waals surface area contributed by atoms with Crippen LogP contribution in [-0.4, -0.2) is 19.0 Å². The molecule has 0 saturated heterocycles. The zero-order chi connectivity index (χ0) is 15.7. The normalized spacial score (nSPS) is 13.1. The molecule has 0 unspecified atom stereocenters. The largest absolute Gasteiger partial charge is 0.371 e. The van der Waals surface area contributed by atoms with E-state index in [0.29, 0.717) is 10.6 Å². The Kier molecular flexibility index (Phi) is 4.41. The van der Waals surface area contributed by atoms with E-state index >= 15 is 0 Å². The first-order valence-electron chi connectivity index (χ1n) is 7.22. The summed E-state index contributed by atoms with van der Waals surface area (Å²) in [6, 6.07) is 11.3. The molecule has 0 atom stereocenters. The van der Waals surface area contributed by atoms with E-state index in [-0.39, 0.29) is 5.91 Å². The average molecular weight is 380 g/mol. The van der Waals surface area contributed by atoms with Crippen LogP contribution in [-0.2, 0) is 6.42 Å². The maximum Gasteiger partial charge on any atom is 0.257 e. The first-order chi connectivity index (χ1) is 10.6. The molecule has 0 aliphatic carbocycles. The highest BCUT2D eigenvalue weighted by atomic mass is 79.9. The maximum absolute atomic E-state index is 12.4. The van der Waals surface area contributed by atoms with Crippen molar-refractivity contribution in [3.05, 3.63) is 57.0 Å². The van der Waals surface area contributed by atoms with E-state index in [1.54, 1.807) is 12.1 Å². The minimum Gasteiger partial charge on any atom is -0.371 e. The number of carbonyl (C=O) groups excluding carboxylic acids is 1. The number of anilines is 2. The van der Waals surface area contributed by atoms with Crippen molar-refractivity contribution in [3.8, 4) is 0 Å². The van der Waals surface area contributed by atoms with Gasteiger partial charge in [0.25, 0.3) is 5.91 Å². The molecule has 0 saturated carbocycles. The number of carbonyl (C=O) groups is 1. The van der Waals surface area contributed by atoms with Crippen LogP contribution in [0.2, 0.25) is 5.02 Å². The Morgan fingerprint density at radius 1 is 1.32 bits per heavy atom. The summed E-state index contributed by atoms with van der Waals surface area (Å²) in [6.07, 6.45) is 1.07. The van der Waals surface area contributed by atoms with Gasteiger partial charge >= 0.3 is 0 Å². The van der Waals surface area contributed by atoms with Crippen LogP contribution >= 0.6 is 27.5 Å². The fourth-order valence-corrected chi connectivity index (χ4v) is 3.48. The Hall–Kier alpha value is -1.52. The fraction of sp³-hybridized carbons (Fsp3) is 0.235. The predicted molar refractivity (Wildman–Crippen MR) is 95.1 cm³/mol. The van der Waals surface area contributed by atoms with Gasteiger partial charge in [0.05, 0.1) is 10.6 Å². The summed E-state index contributed by atoms with van der Waals surface area (Å²) < 4.78 is 0.852. The number of nitrogens with one attached hydrogen (secondary N) is 1. The molecule has 0 aromatic heterocycles. The lowest BCUT2D eigenvalue weighted by molar-refractivity contribution is 0.102. The fourth-order valence-electron chi connectivity index (χ4n) is 2.72. The first kappa shape index (κ1) is 15.4. The zero-order valence-corrected chi connectivity index (χ0v) is 14.5. The van der Waals surface area contributed by atoms with Crippen LogP contribution < -0.4 is 10.2 Å². The molecule has 2 aromatic rings. The van der Waals surface area contributed by atoms with E-state index in [9.17, 15) is 4.79 Å². The summed E-state index contributed by atoms with van der Waals surface area (Å²) in [5.41, 5.74) is 3.81. The molecule has 1 aliphatic heterocycles. The van der Waals surface area contributed by atoms with Crippen molar-refractivity contribution in [2.45, 2.75) is 13.3 Å². The van der Waals surface area contributed by atoms with Crippen molar-refractivity contribution >= 4 is 44.8 Å². The van der Waals surface area contributed by atoms with Gasteiger partial charge < -0.3 is 10.2 Å². The lowest BCUT2D eigenvalue weighted by Gasteiger charge is -2.17. The van der Waals surface area contributed by atoms with Crippen LogP contribution in [0.25, 0.3) is 0 Å². The first-order valence-corrected chi connectivity index (χ1v) is 8.40. The number of amides is 1. The number of nitrogens with zero attached hydrogens (tertiary/aromatic N) is 1. The quantitative estimate of drug-likeness (QED) is 0.835. The van der Waals surface area contributed by atoms with Crippen LogP contribution in [0.5, 0.6) is 0 Å². The third kappa shape index (κ3) is 2.99. The van der Waals surface area contributed by atoms with E-state index in [4.69, 9.17) is 11.6 Å². The Balaban J connectivity index is 1.83. The van der Waals surface area contributed by atoms with Gasteiger partial charge in [0.1, 0.15) is 0 Å². The lowest BCUT2D eigenvalue weighted by atomic mass is 10.1. The predicted octanol–water partition coefficient (Wildman–Crippen LogP) is 4.74. The van der Waals surface area contributed by atoms with Gasteiger partial charge in [-0.3, -0.25) is 4.79 Å². The summed E-state index contributed by atoms with van der Waals surface area (Å²) in [6.45, 7) is 4.16. The summed E-state index contributed by atoms with van der Waals surface area (Å²) in [5, 5.41) is 3.36. The third-order valence-corrected chi connectivity index (χ3v) is 4.70. The van der Waals surface area contributed by atoms with Gasteiger partial charge in [0.15, 0.2) is 0 Å². The van der Waals surface area contributed by atoms with Gasteiger partial charge in [-0.15, -0.1) is 0 Å². The number of fused-ring (bicyclic) bond motifs is 1. The smallest absolute Gasteiger partial charge is 0.257 e. The minimum atomic E-state index is -0.196. The van der Waals surface area contributed by atoms with E-state index < -0.39 is 0 Å². The van der Waals surface area contributed by atoms with Gasteiger partial charge in [-0.1, -0.05) is 33.6 Å². The topological polar surface area (TPSA) is 32.3 Å². The lowest BCUT2D eigenvalue weighted by Crippen LogP contribution is -2.19. The molecule has 0 fully saturated rings. The van der Waals surface area contributed by atoms with Crippen molar-refractivity contribution in [1.82, 2.24) is 0 Å². The minimum absolute atomic E-state index is 0.196. The van der Waals surface area contributed by atoms with Crippen molar-refractivity contribution in [2.24, 2.45) is 0 Å². The monoisotopic (exact) mass is 378 g/mol. The molecule has 1 amide bonds. The van der Waals surface area contributed by atoms with Crippen LogP contribution in [0.4, 0.5) is 11.4 Å². The van der Waals surface area contributed by atoms with Crippen LogP contribution in [0.3, 0.4) is 0 Å². The Morgan fingerprint density at radius 2 is 2.14 bits per heavy atom. The van der Waals surface area contributed by atoms with E-state index in [0.717, 1.165) is 29.7 Å². The average Bonchev–Trinajstić information content (AvgIpc) is 2.89. The zero-order valence-electron chi connectivity index (χ0n) is 12.2. The molecule has 22 heavy (non-hydrogen) atoms. The molecule has 3 nitrogen and oxygen atoms in total. The van der Waals surface area contributed by atoms with Crippen LogP contribution in [0.15, 0.2) is 40.9 Å². The Labute approximate surface area is 143 Å². The number of hydrogen-bond donors (Lipinski definition) is 1. The summed E-state index contributed by atoms with van der Waals surface area (Å²) >= 11 is 9.47. The van der Waals surface area contributed by atoms with Crippen molar-refractivity contribution in [1.29, 1.82) is 0 Å². The molecular weight excluding hydrogens is 364 g/mol. The Bertz CT molecular complexity index is 733. The highest BCUT2D eigenvalue weighted by Gasteiger charge is 2.18. The molecule has 1 heterocycles. The van der Waals surface area contributed by atoms with E-state index in [2.05, 4.69) is 39.1 Å². The maximum atomic E-state index is 12.4. The molecule has 3 rings (SSSR count). The summed E-state index contributed by atoms with van der Waals surface area (Å²) in [7, 11) is 0. The van der Waals surface area contributed by atoms with Crippen molar-refractivity contribution in [2.75, 3.05) is 23.3 Å².